The van der Waals surface area contributed by atoms with Crippen LogP contribution in [0.3, 0.4) is 0 Å². The van der Waals surface area contributed by atoms with E-state index >= 15 is 0 Å². The van der Waals surface area contributed by atoms with Crippen LogP contribution in [0.4, 0.5) is 0 Å². The van der Waals surface area contributed by atoms with Gasteiger partial charge in [0.2, 0.25) is 0 Å². The van der Waals surface area contributed by atoms with E-state index in [-0.39, 0.29) is 5.91 Å². The van der Waals surface area contributed by atoms with Crippen molar-refractivity contribution in [3.05, 3.63) is 103 Å². The van der Waals surface area contributed by atoms with Crippen LogP contribution in [0.25, 0.3) is 0 Å². The lowest BCUT2D eigenvalue weighted by Gasteiger charge is -2.16. The molecular formula is C30H32Cl2N2OS. The average molecular weight is 540 g/mol. The number of halogens is 2. The summed E-state index contributed by atoms with van der Waals surface area (Å²) in [6, 6.07) is 13.7. The zero-order chi connectivity index (χ0) is 26.2. The minimum absolute atomic E-state index is 0.0317. The molecule has 6 heteroatoms. The third-order valence-electron chi connectivity index (χ3n) is 5.52. The van der Waals surface area contributed by atoms with E-state index in [1.165, 1.54) is 6.42 Å². The number of carbonyl (C=O) groups excluding carboxylic acids is 1. The molecule has 0 unspecified atom stereocenters. The lowest BCUT2D eigenvalue weighted by Crippen LogP contribution is -2.28. The summed E-state index contributed by atoms with van der Waals surface area (Å²) in [5.74, 6) is -0.0317. The van der Waals surface area contributed by atoms with Gasteiger partial charge in [-0.05, 0) is 43.2 Å². The monoisotopic (exact) mass is 538 g/mol. The van der Waals surface area contributed by atoms with E-state index in [1.54, 1.807) is 22.7 Å². The maximum absolute atomic E-state index is 13.0. The predicted molar refractivity (Wildman–Crippen MR) is 155 cm³/mol. The zero-order valence-electron chi connectivity index (χ0n) is 21.5. The number of allylic oxidation sites excluding steroid dienone is 2. The summed E-state index contributed by atoms with van der Waals surface area (Å²) in [6.45, 7) is 9.11. The van der Waals surface area contributed by atoms with Crippen LogP contribution in [0.15, 0.2) is 92.0 Å². The van der Waals surface area contributed by atoms with E-state index < -0.39 is 0 Å². The van der Waals surface area contributed by atoms with Crippen LogP contribution in [-0.4, -0.2) is 30.1 Å². The molecule has 0 saturated carbocycles. The largest absolute Gasteiger partial charge is 0.341 e. The first-order valence-corrected chi connectivity index (χ1v) is 13.8. The standard InChI is InChI=1S/C27H24Cl2N2OS.C3H8/c1-4-5-14-31(3)27(32)19-11-13-23-26(17(2)15-19)33-24-9-7-6-8-20(24)25(30-23)18-10-12-21(28)22(29)16-18;1-3-2/h6-10,12-13,15-16H,4-5,14H2,1-3H3;3H2,1-2H3. The third kappa shape index (κ3) is 6.63. The van der Waals surface area contributed by atoms with Crippen LogP contribution >= 0.6 is 35.0 Å². The highest BCUT2D eigenvalue weighted by molar-refractivity contribution is 8.03. The first kappa shape index (κ1) is 28.1. The molecule has 188 valence electrons. The van der Waals surface area contributed by atoms with Crippen LogP contribution in [0.5, 0.6) is 0 Å². The molecule has 4 rings (SSSR count). The molecule has 0 atom stereocenters. The van der Waals surface area contributed by atoms with Gasteiger partial charge in [-0.3, -0.25) is 4.79 Å². The minimum Gasteiger partial charge on any atom is -0.341 e. The second-order valence-electron chi connectivity index (χ2n) is 8.72. The van der Waals surface area contributed by atoms with Crippen molar-refractivity contribution >= 4 is 46.6 Å². The second kappa shape index (κ2) is 13.2. The van der Waals surface area contributed by atoms with Crippen LogP contribution in [-0.2, 0) is 4.79 Å². The SMILES string of the molecule is CCC.CCCCN(C)C(=O)C1=C=CC2=C(Sc3ccccc3C(c3ccc(Cl)c(Cl)c3)=N2)C(C)=C1. The Morgan fingerprint density at radius 3 is 2.50 bits per heavy atom. The van der Waals surface area contributed by atoms with Gasteiger partial charge in [0.25, 0.3) is 5.91 Å². The van der Waals surface area contributed by atoms with Gasteiger partial charge in [-0.25, -0.2) is 4.99 Å². The smallest absolute Gasteiger partial charge is 0.261 e. The van der Waals surface area contributed by atoms with Gasteiger partial charge in [0.15, 0.2) is 0 Å². The molecule has 3 nitrogen and oxygen atoms in total. The highest BCUT2D eigenvalue weighted by atomic mass is 35.5. The van der Waals surface area contributed by atoms with E-state index in [0.29, 0.717) is 15.6 Å². The molecule has 0 N–H and O–H groups in total. The number of unbranched alkanes of at least 4 members (excludes halogenated alkanes) is 1. The van der Waals surface area contributed by atoms with Gasteiger partial charge >= 0.3 is 0 Å². The Hall–Kier alpha value is -2.49. The zero-order valence-corrected chi connectivity index (χ0v) is 23.8. The Labute approximate surface area is 229 Å². The number of hydrogen-bond donors (Lipinski definition) is 0. The Kier molecular flexibility index (Phi) is 10.3. The number of carbonyl (C=O) groups is 1. The molecule has 1 aliphatic carbocycles. The number of fused-ring (bicyclic) bond motifs is 1. The topological polar surface area (TPSA) is 32.7 Å². The van der Waals surface area contributed by atoms with Gasteiger partial charge < -0.3 is 4.90 Å². The van der Waals surface area contributed by atoms with Crippen LogP contribution in [0, 0.1) is 0 Å². The Balaban J connectivity index is 0.00000115. The van der Waals surface area contributed by atoms with Gasteiger partial charge in [-0.15, -0.1) is 5.73 Å². The number of likely N-dealkylation sites (N-methyl/N-ethyl adjacent to an activating group) is 1. The average Bonchev–Trinajstić information content (AvgIpc) is 3.13. The number of amides is 1. The molecule has 2 aromatic rings. The fourth-order valence-corrected chi connectivity index (χ4v) is 5.05. The van der Waals surface area contributed by atoms with Gasteiger partial charge in [-0.1, -0.05) is 92.8 Å². The summed E-state index contributed by atoms with van der Waals surface area (Å²) < 4.78 is 0. The summed E-state index contributed by atoms with van der Waals surface area (Å²) in [4.78, 5) is 21.9. The van der Waals surface area contributed by atoms with Crippen LogP contribution < -0.4 is 0 Å². The van der Waals surface area contributed by atoms with E-state index in [9.17, 15) is 4.79 Å². The van der Waals surface area contributed by atoms with Crippen molar-refractivity contribution in [3.8, 4) is 0 Å². The minimum atomic E-state index is -0.0317. The summed E-state index contributed by atoms with van der Waals surface area (Å²) in [5, 5.41) is 0.986. The van der Waals surface area contributed by atoms with E-state index in [0.717, 1.165) is 57.3 Å². The molecule has 0 saturated heterocycles. The quantitative estimate of drug-likeness (QED) is 0.356. The maximum atomic E-state index is 13.0. The Morgan fingerprint density at radius 1 is 1.08 bits per heavy atom. The molecule has 0 aromatic heterocycles. The van der Waals surface area contributed by atoms with Crippen LogP contribution in [0.2, 0.25) is 10.0 Å². The molecule has 1 amide bonds. The molecule has 0 spiro atoms. The maximum Gasteiger partial charge on any atom is 0.261 e. The molecule has 0 bridgehead atoms. The molecule has 0 fully saturated rings. The Morgan fingerprint density at radius 2 is 1.81 bits per heavy atom. The fourth-order valence-electron chi connectivity index (χ4n) is 3.68. The molecule has 1 aliphatic heterocycles. The lowest BCUT2D eigenvalue weighted by molar-refractivity contribution is -0.125. The molecular weight excluding hydrogens is 507 g/mol. The highest BCUT2D eigenvalue weighted by Gasteiger charge is 2.23. The van der Waals surface area contributed by atoms with Gasteiger partial charge in [0, 0.05) is 40.6 Å². The first-order chi connectivity index (χ1) is 17.3. The summed E-state index contributed by atoms with van der Waals surface area (Å²) in [7, 11) is 1.84. The van der Waals surface area contributed by atoms with Crippen molar-refractivity contribution in [2.24, 2.45) is 4.99 Å². The van der Waals surface area contributed by atoms with Crippen molar-refractivity contribution in [2.75, 3.05) is 13.6 Å². The highest BCUT2D eigenvalue weighted by Crippen LogP contribution is 2.41. The van der Waals surface area contributed by atoms with Gasteiger partial charge in [-0.2, -0.15) is 0 Å². The second-order valence-corrected chi connectivity index (χ2v) is 10.6. The summed E-state index contributed by atoms with van der Waals surface area (Å²) >= 11 is 14.1. The number of rotatable bonds is 5. The number of benzene rings is 2. The van der Waals surface area contributed by atoms with Gasteiger partial charge in [0.05, 0.1) is 27.0 Å². The predicted octanol–water partition coefficient (Wildman–Crippen LogP) is 8.86. The molecule has 2 aliphatic rings. The summed E-state index contributed by atoms with van der Waals surface area (Å²) in [6.07, 6.45) is 7.00. The van der Waals surface area contributed by atoms with E-state index in [4.69, 9.17) is 28.2 Å². The lowest BCUT2D eigenvalue weighted by atomic mass is 10.0. The van der Waals surface area contributed by atoms with Crippen molar-refractivity contribution in [1.29, 1.82) is 0 Å². The summed E-state index contributed by atoms with van der Waals surface area (Å²) in [5.41, 5.74) is 8.22. The molecule has 2 aromatic carbocycles. The number of nitrogens with zero attached hydrogens (tertiary/aromatic N) is 2. The molecule has 36 heavy (non-hydrogen) atoms. The Bertz CT molecular complexity index is 1300. The van der Waals surface area contributed by atoms with Crippen molar-refractivity contribution in [2.45, 2.75) is 51.9 Å². The number of thioether (sulfide) groups is 1. The first-order valence-electron chi connectivity index (χ1n) is 12.3. The number of hydrogen-bond acceptors (Lipinski definition) is 3. The van der Waals surface area contributed by atoms with E-state index in [2.05, 4.69) is 38.6 Å². The molecule has 1 heterocycles. The third-order valence-corrected chi connectivity index (χ3v) is 7.57. The number of aliphatic imine (C=N–C) groups is 1. The van der Waals surface area contributed by atoms with E-state index in [1.807, 2.05) is 50.4 Å². The van der Waals surface area contributed by atoms with Gasteiger partial charge in [0.1, 0.15) is 0 Å². The van der Waals surface area contributed by atoms with Crippen molar-refractivity contribution in [3.63, 3.8) is 0 Å². The van der Waals surface area contributed by atoms with Crippen LogP contribution in [0.1, 0.15) is 58.1 Å². The molecule has 0 radical (unpaired) electrons. The van der Waals surface area contributed by atoms with Crippen molar-refractivity contribution < 1.29 is 4.79 Å². The fraction of sp³-hybridized carbons (Fsp3) is 0.300. The van der Waals surface area contributed by atoms with Crippen molar-refractivity contribution in [1.82, 2.24) is 4.90 Å². The normalized spacial score (nSPS) is 14.2.